The number of halogens is 2. The maximum atomic E-state index is 13.8. The van der Waals surface area contributed by atoms with Crippen molar-refractivity contribution in [3.8, 4) is 6.07 Å². The number of hydrogen-bond donors (Lipinski definition) is 2. The van der Waals surface area contributed by atoms with E-state index in [1.807, 2.05) is 6.07 Å². The lowest BCUT2D eigenvalue weighted by Gasteiger charge is -2.19. The van der Waals surface area contributed by atoms with Crippen LogP contribution in [0.5, 0.6) is 0 Å². The van der Waals surface area contributed by atoms with Gasteiger partial charge in [-0.05, 0) is 17.7 Å². The van der Waals surface area contributed by atoms with Crippen molar-refractivity contribution in [3.63, 3.8) is 0 Å². The van der Waals surface area contributed by atoms with Crippen molar-refractivity contribution in [1.82, 2.24) is 4.98 Å². The molecule has 0 saturated carbocycles. The van der Waals surface area contributed by atoms with Gasteiger partial charge >= 0.3 is 0 Å². The molecule has 0 spiro atoms. The van der Waals surface area contributed by atoms with Crippen LogP contribution in [0.4, 0.5) is 20.4 Å². The summed E-state index contributed by atoms with van der Waals surface area (Å²) in [5.74, 6) is 3.21. The Morgan fingerprint density at radius 1 is 1.33 bits per heavy atom. The van der Waals surface area contributed by atoms with Crippen molar-refractivity contribution in [3.05, 3.63) is 53.1 Å². The van der Waals surface area contributed by atoms with Gasteiger partial charge in [-0.25, -0.2) is 19.6 Å². The number of nitrogens with two attached hydrogens (primary N) is 1. The van der Waals surface area contributed by atoms with Crippen LogP contribution in [0.15, 0.2) is 30.3 Å². The zero-order valence-corrected chi connectivity index (χ0v) is 11.3. The molecule has 2 aromatic rings. The van der Waals surface area contributed by atoms with Crippen LogP contribution in [0.3, 0.4) is 0 Å². The Labute approximate surface area is 120 Å². The van der Waals surface area contributed by atoms with Crippen LogP contribution in [0.2, 0.25) is 0 Å². The van der Waals surface area contributed by atoms with E-state index < -0.39 is 11.6 Å². The van der Waals surface area contributed by atoms with Gasteiger partial charge in [0.15, 0.2) is 23.3 Å². The Hall–Kier alpha value is -2.72. The molecule has 3 N–H and O–H groups in total. The summed E-state index contributed by atoms with van der Waals surface area (Å²) >= 11 is 0. The number of nitrogens with one attached hydrogen (secondary N) is 1. The minimum absolute atomic E-state index is 0.0355. The standard InChI is InChI=1S/C14H13F2N5/c1-21(8-10-4-2-3-9(5-10)7-17)14-12(16)6-11(15)13(19-14)20-18/h2-6H,8,18H2,1H3,(H,19,20). The number of rotatable bonds is 4. The number of anilines is 2. The lowest BCUT2D eigenvalue weighted by Crippen LogP contribution is -2.21. The molecular weight excluding hydrogens is 276 g/mol. The number of nitriles is 1. The molecule has 0 saturated heterocycles. The summed E-state index contributed by atoms with van der Waals surface area (Å²) < 4.78 is 27.1. The molecule has 21 heavy (non-hydrogen) atoms. The zero-order valence-electron chi connectivity index (χ0n) is 11.3. The lowest BCUT2D eigenvalue weighted by atomic mass is 10.1. The summed E-state index contributed by atoms with van der Waals surface area (Å²) in [5, 5.41) is 8.86. The minimum Gasteiger partial charge on any atom is -0.353 e. The van der Waals surface area contributed by atoms with Crippen molar-refractivity contribution >= 4 is 11.6 Å². The first-order chi connectivity index (χ1) is 10.0. The number of benzene rings is 1. The highest BCUT2D eigenvalue weighted by Gasteiger charge is 2.15. The van der Waals surface area contributed by atoms with E-state index in [0.29, 0.717) is 12.1 Å². The van der Waals surface area contributed by atoms with Gasteiger partial charge in [0.2, 0.25) is 0 Å². The van der Waals surface area contributed by atoms with Crippen molar-refractivity contribution in [2.45, 2.75) is 6.54 Å². The van der Waals surface area contributed by atoms with Crippen molar-refractivity contribution in [1.29, 1.82) is 5.26 Å². The van der Waals surface area contributed by atoms with E-state index in [-0.39, 0.29) is 11.6 Å². The molecule has 0 amide bonds. The van der Waals surface area contributed by atoms with E-state index in [2.05, 4.69) is 10.4 Å². The van der Waals surface area contributed by atoms with Gasteiger partial charge in [-0.15, -0.1) is 0 Å². The lowest BCUT2D eigenvalue weighted by molar-refractivity contribution is 0.572. The van der Waals surface area contributed by atoms with Crippen LogP contribution in [0, 0.1) is 23.0 Å². The number of aromatic nitrogens is 1. The van der Waals surface area contributed by atoms with Crippen molar-refractivity contribution < 1.29 is 8.78 Å². The van der Waals surface area contributed by atoms with Crippen LogP contribution in [-0.2, 0) is 6.54 Å². The SMILES string of the molecule is CN(Cc1cccc(C#N)c1)c1nc(NN)c(F)cc1F. The van der Waals surface area contributed by atoms with Gasteiger partial charge in [0, 0.05) is 19.7 Å². The molecule has 1 heterocycles. The van der Waals surface area contributed by atoms with E-state index in [4.69, 9.17) is 11.1 Å². The molecule has 2 rings (SSSR count). The van der Waals surface area contributed by atoms with E-state index >= 15 is 0 Å². The van der Waals surface area contributed by atoms with Gasteiger partial charge in [0.25, 0.3) is 0 Å². The van der Waals surface area contributed by atoms with E-state index in [1.165, 1.54) is 4.90 Å². The third kappa shape index (κ3) is 3.24. The fourth-order valence-corrected chi connectivity index (χ4v) is 1.91. The maximum absolute atomic E-state index is 13.8. The first-order valence-corrected chi connectivity index (χ1v) is 6.08. The van der Waals surface area contributed by atoms with Gasteiger partial charge in [-0.3, -0.25) is 0 Å². The van der Waals surface area contributed by atoms with Crippen molar-refractivity contribution in [2.75, 3.05) is 17.4 Å². The van der Waals surface area contributed by atoms with E-state index in [1.54, 1.807) is 31.3 Å². The number of nitrogens with zero attached hydrogens (tertiary/aromatic N) is 3. The Morgan fingerprint density at radius 3 is 2.76 bits per heavy atom. The topological polar surface area (TPSA) is 78.0 Å². The van der Waals surface area contributed by atoms with E-state index in [0.717, 1.165) is 11.6 Å². The maximum Gasteiger partial charge on any atom is 0.178 e. The van der Waals surface area contributed by atoms with Gasteiger partial charge in [0.05, 0.1) is 11.6 Å². The second kappa shape index (κ2) is 6.15. The van der Waals surface area contributed by atoms with Gasteiger partial charge in [-0.1, -0.05) is 12.1 Å². The first kappa shape index (κ1) is 14.7. The van der Waals surface area contributed by atoms with Crippen LogP contribution in [0.25, 0.3) is 0 Å². The number of nitrogen functional groups attached to an aromatic ring is 1. The zero-order chi connectivity index (χ0) is 15.4. The van der Waals surface area contributed by atoms with Gasteiger partial charge < -0.3 is 10.3 Å². The summed E-state index contributed by atoms with van der Waals surface area (Å²) in [6.45, 7) is 0.315. The summed E-state index contributed by atoms with van der Waals surface area (Å²) in [5.41, 5.74) is 3.40. The number of hydrogen-bond acceptors (Lipinski definition) is 5. The van der Waals surface area contributed by atoms with Gasteiger partial charge in [0.1, 0.15) is 0 Å². The molecule has 0 aliphatic carbocycles. The molecule has 0 aliphatic heterocycles. The van der Waals surface area contributed by atoms with Crippen LogP contribution in [0.1, 0.15) is 11.1 Å². The average molecular weight is 289 g/mol. The second-order valence-corrected chi connectivity index (χ2v) is 4.44. The molecule has 5 nitrogen and oxygen atoms in total. The van der Waals surface area contributed by atoms with Crippen LogP contribution >= 0.6 is 0 Å². The third-order valence-corrected chi connectivity index (χ3v) is 2.89. The molecule has 0 aliphatic rings. The quantitative estimate of drug-likeness (QED) is 0.666. The highest BCUT2D eigenvalue weighted by molar-refractivity contribution is 5.49. The Balaban J connectivity index is 2.28. The summed E-state index contributed by atoms with van der Waals surface area (Å²) in [6, 6.07) is 9.67. The first-order valence-electron chi connectivity index (χ1n) is 6.08. The molecule has 108 valence electrons. The fourth-order valence-electron chi connectivity index (χ4n) is 1.91. The van der Waals surface area contributed by atoms with Crippen LogP contribution in [-0.4, -0.2) is 12.0 Å². The minimum atomic E-state index is -0.862. The molecule has 1 aromatic carbocycles. The number of hydrazine groups is 1. The molecular formula is C14H13F2N5. The molecule has 7 heteroatoms. The fraction of sp³-hybridized carbons (Fsp3) is 0.143. The van der Waals surface area contributed by atoms with Crippen LogP contribution < -0.4 is 16.2 Å². The molecule has 1 aromatic heterocycles. The molecule has 0 fully saturated rings. The highest BCUT2D eigenvalue weighted by Crippen LogP contribution is 2.22. The summed E-state index contributed by atoms with van der Waals surface area (Å²) in [7, 11) is 1.61. The molecule has 0 radical (unpaired) electrons. The monoisotopic (exact) mass is 289 g/mol. The Kier molecular flexibility index (Phi) is 4.30. The second-order valence-electron chi connectivity index (χ2n) is 4.44. The largest absolute Gasteiger partial charge is 0.353 e. The van der Waals surface area contributed by atoms with Gasteiger partial charge in [-0.2, -0.15) is 5.26 Å². The highest BCUT2D eigenvalue weighted by atomic mass is 19.1. The molecule has 0 atom stereocenters. The molecule has 0 bridgehead atoms. The Morgan fingerprint density at radius 2 is 2.10 bits per heavy atom. The predicted octanol–water partition coefficient (Wildman–Crippen LogP) is 2.15. The molecule has 0 unspecified atom stereocenters. The average Bonchev–Trinajstić information content (AvgIpc) is 2.47. The van der Waals surface area contributed by atoms with Crippen molar-refractivity contribution in [2.24, 2.45) is 5.84 Å². The predicted molar refractivity (Wildman–Crippen MR) is 75.2 cm³/mol. The summed E-state index contributed by atoms with van der Waals surface area (Å²) in [4.78, 5) is 5.31. The summed E-state index contributed by atoms with van der Waals surface area (Å²) in [6.07, 6.45) is 0. The normalized spacial score (nSPS) is 10.0. The number of pyridine rings is 1. The van der Waals surface area contributed by atoms with E-state index in [9.17, 15) is 8.78 Å². The smallest absolute Gasteiger partial charge is 0.178 e. The third-order valence-electron chi connectivity index (χ3n) is 2.89. The Bertz CT molecular complexity index is 696.